The normalized spacial score (nSPS) is 20.9. The highest BCUT2D eigenvalue weighted by atomic mass is 16.5. The minimum absolute atomic E-state index is 0.0574. The number of urea groups is 1. The van der Waals surface area contributed by atoms with E-state index in [0.717, 1.165) is 0 Å². The standard InChI is InChI=1S/C18H28N2O3/c1-13-5-4-6-16(9-13)14(2)11-19-18(22)20-7-8-23-12-17(20)10-15(3)21/h4-6,9,14-15,17,21H,7-8,10-12H2,1-3H3,(H,19,22)/t14-,15+,17+/m1/s1. The van der Waals surface area contributed by atoms with Gasteiger partial charge in [0.05, 0.1) is 25.4 Å². The van der Waals surface area contributed by atoms with Crippen LogP contribution in [0, 0.1) is 6.92 Å². The molecule has 0 aliphatic carbocycles. The van der Waals surface area contributed by atoms with Crippen molar-refractivity contribution in [1.29, 1.82) is 0 Å². The van der Waals surface area contributed by atoms with Crippen LogP contribution in [-0.2, 0) is 4.74 Å². The number of hydrogen-bond donors (Lipinski definition) is 2. The van der Waals surface area contributed by atoms with E-state index in [1.54, 1.807) is 11.8 Å². The molecule has 128 valence electrons. The van der Waals surface area contributed by atoms with Crippen molar-refractivity contribution >= 4 is 6.03 Å². The molecule has 0 bridgehead atoms. The summed E-state index contributed by atoms with van der Waals surface area (Å²) in [5, 5.41) is 12.6. The lowest BCUT2D eigenvalue weighted by Gasteiger charge is -2.36. The van der Waals surface area contributed by atoms with E-state index in [1.807, 2.05) is 6.07 Å². The van der Waals surface area contributed by atoms with Crippen molar-refractivity contribution in [3.63, 3.8) is 0 Å². The van der Waals surface area contributed by atoms with Gasteiger partial charge < -0.3 is 20.1 Å². The molecule has 0 aromatic heterocycles. The number of aliphatic hydroxyl groups excluding tert-OH is 1. The molecule has 1 saturated heterocycles. The molecule has 1 aromatic carbocycles. The Bertz CT molecular complexity index is 519. The summed E-state index contributed by atoms with van der Waals surface area (Å²) >= 11 is 0. The summed E-state index contributed by atoms with van der Waals surface area (Å²) in [5.74, 6) is 0.259. The fraction of sp³-hybridized carbons (Fsp3) is 0.611. The first-order valence-electron chi connectivity index (χ1n) is 8.34. The average molecular weight is 320 g/mol. The number of benzene rings is 1. The van der Waals surface area contributed by atoms with Gasteiger partial charge in [-0.15, -0.1) is 0 Å². The quantitative estimate of drug-likeness (QED) is 0.875. The van der Waals surface area contributed by atoms with Crippen LogP contribution in [0.15, 0.2) is 24.3 Å². The number of carbonyl (C=O) groups excluding carboxylic acids is 1. The van der Waals surface area contributed by atoms with Crippen LogP contribution in [0.4, 0.5) is 4.79 Å². The van der Waals surface area contributed by atoms with Gasteiger partial charge in [-0.05, 0) is 31.7 Å². The van der Waals surface area contributed by atoms with Crippen LogP contribution in [0.25, 0.3) is 0 Å². The fourth-order valence-electron chi connectivity index (χ4n) is 2.95. The highest BCUT2D eigenvalue weighted by molar-refractivity contribution is 5.74. The molecule has 1 aliphatic rings. The number of amides is 2. The molecule has 0 saturated carbocycles. The van der Waals surface area contributed by atoms with E-state index in [0.29, 0.717) is 32.7 Å². The lowest BCUT2D eigenvalue weighted by atomic mass is 9.99. The van der Waals surface area contributed by atoms with Gasteiger partial charge in [0.1, 0.15) is 0 Å². The molecule has 1 fully saturated rings. The molecule has 23 heavy (non-hydrogen) atoms. The Hall–Kier alpha value is -1.59. The number of hydrogen-bond acceptors (Lipinski definition) is 3. The maximum Gasteiger partial charge on any atom is 0.317 e. The second-order valence-corrected chi connectivity index (χ2v) is 6.51. The molecule has 2 N–H and O–H groups in total. The van der Waals surface area contributed by atoms with Crippen molar-refractivity contribution in [3.05, 3.63) is 35.4 Å². The van der Waals surface area contributed by atoms with Crippen LogP contribution >= 0.6 is 0 Å². The number of morpholine rings is 1. The van der Waals surface area contributed by atoms with Gasteiger partial charge in [-0.2, -0.15) is 0 Å². The third kappa shape index (κ3) is 5.22. The second-order valence-electron chi connectivity index (χ2n) is 6.51. The Kier molecular flexibility index (Phi) is 6.42. The van der Waals surface area contributed by atoms with E-state index < -0.39 is 6.10 Å². The van der Waals surface area contributed by atoms with Crippen LogP contribution in [0.2, 0.25) is 0 Å². The first-order valence-corrected chi connectivity index (χ1v) is 8.34. The summed E-state index contributed by atoms with van der Waals surface area (Å²) in [7, 11) is 0. The number of rotatable bonds is 5. The number of aryl methyl sites for hydroxylation is 1. The zero-order valence-electron chi connectivity index (χ0n) is 14.3. The summed E-state index contributed by atoms with van der Waals surface area (Å²) < 4.78 is 5.44. The van der Waals surface area contributed by atoms with Crippen molar-refractivity contribution in [2.45, 2.75) is 45.3 Å². The van der Waals surface area contributed by atoms with E-state index in [2.05, 4.69) is 37.4 Å². The lowest BCUT2D eigenvalue weighted by Crippen LogP contribution is -2.53. The largest absolute Gasteiger partial charge is 0.393 e. The van der Waals surface area contributed by atoms with Crippen molar-refractivity contribution in [3.8, 4) is 0 Å². The molecular formula is C18H28N2O3. The molecule has 0 unspecified atom stereocenters. The van der Waals surface area contributed by atoms with Gasteiger partial charge in [0.25, 0.3) is 0 Å². The third-order valence-electron chi connectivity index (χ3n) is 4.27. The zero-order chi connectivity index (χ0) is 16.8. The van der Waals surface area contributed by atoms with Gasteiger partial charge >= 0.3 is 6.03 Å². The first kappa shape index (κ1) is 17.8. The Morgan fingerprint density at radius 1 is 1.48 bits per heavy atom. The molecule has 1 aliphatic heterocycles. The summed E-state index contributed by atoms with van der Waals surface area (Å²) in [4.78, 5) is 14.3. The average Bonchev–Trinajstić information content (AvgIpc) is 2.52. The predicted molar refractivity (Wildman–Crippen MR) is 90.6 cm³/mol. The molecule has 1 heterocycles. The SMILES string of the molecule is Cc1cccc([C@H](C)CNC(=O)N2CCOC[C@@H]2C[C@H](C)O)c1. The first-order chi connectivity index (χ1) is 11.0. The van der Waals surface area contributed by atoms with Crippen molar-refractivity contribution in [1.82, 2.24) is 10.2 Å². The topological polar surface area (TPSA) is 61.8 Å². The fourth-order valence-corrected chi connectivity index (χ4v) is 2.95. The van der Waals surface area contributed by atoms with Gasteiger partial charge in [0.15, 0.2) is 0 Å². The van der Waals surface area contributed by atoms with E-state index in [1.165, 1.54) is 11.1 Å². The Labute approximate surface area is 138 Å². The highest BCUT2D eigenvalue weighted by Gasteiger charge is 2.28. The number of carbonyl (C=O) groups is 1. The number of nitrogens with zero attached hydrogens (tertiary/aromatic N) is 1. The highest BCUT2D eigenvalue weighted by Crippen LogP contribution is 2.17. The molecule has 0 spiro atoms. The van der Waals surface area contributed by atoms with Crippen LogP contribution in [0.5, 0.6) is 0 Å². The van der Waals surface area contributed by atoms with Crippen LogP contribution in [0.3, 0.4) is 0 Å². The molecule has 0 radical (unpaired) electrons. The van der Waals surface area contributed by atoms with Gasteiger partial charge in [0.2, 0.25) is 0 Å². The maximum atomic E-state index is 12.5. The lowest BCUT2D eigenvalue weighted by molar-refractivity contribution is -0.00432. The number of ether oxygens (including phenoxy) is 1. The molecule has 3 atom stereocenters. The zero-order valence-corrected chi connectivity index (χ0v) is 14.3. The number of aliphatic hydroxyl groups is 1. The summed E-state index contributed by atoms with van der Waals surface area (Å²) in [6.07, 6.45) is 0.101. The summed E-state index contributed by atoms with van der Waals surface area (Å²) in [6, 6.07) is 8.24. The summed E-state index contributed by atoms with van der Waals surface area (Å²) in [6.45, 7) is 8.14. The van der Waals surface area contributed by atoms with Crippen LogP contribution in [-0.4, -0.2) is 54.5 Å². The summed E-state index contributed by atoms with van der Waals surface area (Å²) in [5.41, 5.74) is 2.46. The van der Waals surface area contributed by atoms with Gasteiger partial charge in [0, 0.05) is 13.1 Å². The van der Waals surface area contributed by atoms with Crippen molar-refractivity contribution in [2.75, 3.05) is 26.3 Å². The van der Waals surface area contributed by atoms with E-state index >= 15 is 0 Å². The van der Waals surface area contributed by atoms with Gasteiger partial charge in [-0.3, -0.25) is 0 Å². The minimum atomic E-state index is -0.441. The molecule has 2 rings (SSSR count). The Balaban J connectivity index is 1.89. The maximum absolute atomic E-state index is 12.5. The van der Waals surface area contributed by atoms with Crippen LogP contribution in [0.1, 0.15) is 37.3 Å². The smallest absolute Gasteiger partial charge is 0.317 e. The molecule has 5 nitrogen and oxygen atoms in total. The van der Waals surface area contributed by atoms with E-state index in [-0.39, 0.29) is 18.0 Å². The van der Waals surface area contributed by atoms with Crippen LogP contribution < -0.4 is 5.32 Å². The van der Waals surface area contributed by atoms with Gasteiger partial charge in [-0.25, -0.2) is 4.79 Å². The third-order valence-corrected chi connectivity index (χ3v) is 4.27. The van der Waals surface area contributed by atoms with Crippen molar-refractivity contribution < 1.29 is 14.6 Å². The van der Waals surface area contributed by atoms with Gasteiger partial charge in [-0.1, -0.05) is 36.8 Å². The molecule has 2 amide bonds. The monoisotopic (exact) mass is 320 g/mol. The molecular weight excluding hydrogens is 292 g/mol. The minimum Gasteiger partial charge on any atom is -0.393 e. The predicted octanol–water partition coefficient (Wildman–Crippen LogP) is 2.28. The molecule has 1 aromatic rings. The van der Waals surface area contributed by atoms with E-state index in [9.17, 15) is 9.90 Å². The molecule has 5 heteroatoms. The number of nitrogens with one attached hydrogen (secondary N) is 1. The van der Waals surface area contributed by atoms with Crippen molar-refractivity contribution in [2.24, 2.45) is 0 Å². The Morgan fingerprint density at radius 2 is 2.26 bits per heavy atom. The van der Waals surface area contributed by atoms with E-state index in [4.69, 9.17) is 4.74 Å². The Morgan fingerprint density at radius 3 is 2.96 bits per heavy atom. The second kappa shape index (κ2) is 8.31.